The molecule has 0 aliphatic heterocycles. The zero-order chi connectivity index (χ0) is 13.7. The molecule has 19 heavy (non-hydrogen) atoms. The van der Waals surface area contributed by atoms with Crippen molar-refractivity contribution in [3.63, 3.8) is 0 Å². The van der Waals surface area contributed by atoms with E-state index in [1.54, 1.807) is 24.3 Å². The van der Waals surface area contributed by atoms with Crippen LogP contribution in [-0.2, 0) is 10.0 Å². The summed E-state index contributed by atoms with van der Waals surface area (Å²) in [6.45, 7) is 2.65. The molecule has 0 radical (unpaired) electrons. The van der Waals surface area contributed by atoms with Gasteiger partial charge in [0.25, 0.3) is 10.0 Å². The lowest BCUT2D eigenvalue weighted by Gasteiger charge is -2.21. The Bertz CT molecular complexity index is 491. The van der Waals surface area contributed by atoms with Gasteiger partial charge < -0.3 is 0 Å². The summed E-state index contributed by atoms with van der Waals surface area (Å²) in [5, 5.41) is 0. The topological polar surface area (TPSA) is 58.2 Å². The lowest BCUT2D eigenvalue weighted by Crippen LogP contribution is -2.40. The first-order valence-corrected chi connectivity index (χ1v) is 8.37. The molecule has 1 aliphatic carbocycles. The fraction of sp³-hybridized carbons (Fsp3) is 0.571. The smallest absolute Gasteiger partial charge is 0.244 e. The summed E-state index contributed by atoms with van der Waals surface area (Å²) in [6.07, 6.45) is 6.22. The van der Waals surface area contributed by atoms with Crippen LogP contribution in [0.25, 0.3) is 0 Å². The number of hydrogen-bond donors (Lipinski definition) is 2. The molecule has 1 saturated carbocycles. The van der Waals surface area contributed by atoms with Crippen molar-refractivity contribution in [2.45, 2.75) is 43.9 Å². The second-order valence-corrected chi connectivity index (χ2v) is 6.99. The molecule has 2 rings (SSSR count). The monoisotopic (exact) mass is 282 g/mol. The normalized spacial score (nSPS) is 17.5. The molecule has 0 heterocycles. The SMILES string of the molecule is Cc1ccc(S(=O)(=O)NNCC2CCCCC2)cc1. The summed E-state index contributed by atoms with van der Waals surface area (Å²) in [7, 11) is -3.44. The number of aryl methyl sites for hydroxylation is 1. The van der Waals surface area contributed by atoms with Gasteiger partial charge in [0.05, 0.1) is 4.90 Å². The lowest BCUT2D eigenvalue weighted by atomic mass is 9.89. The Morgan fingerprint density at radius 1 is 1.11 bits per heavy atom. The highest BCUT2D eigenvalue weighted by Crippen LogP contribution is 2.22. The average Bonchev–Trinajstić information content (AvgIpc) is 2.40. The van der Waals surface area contributed by atoms with E-state index in [1.165, 1.54) is 32.1 Å². The van der Waals surface area contributed by atoms with Crippen molar-refractivity contribution in [1.29, 1.82) is 0 Å². The first-order chi connectivity index (χ1) is 9.08. The second kappa shape index (κ2) is 6.50. The van der Waals surface area contributed by atoms with Gasteiger partial charge in [0.15, 0.2) is 0 Å². The Labute approximate surface area is 115 Å². The lowest BCUT2D eigenvalue weighted by molar-refractivity contribution is 0.338. The van der Waals surface area contributed by atoms with Crippen LogP contribution in [0.2, 0.25) is 0 Å². The standard InChI is InChI=1S/C14H22N2O2S/c1-12-7-9-14(10-8-12)19(17,18)16-15-11-13-5-3-2-4-6-13/h7-10,13,15-16H,2-6,11H2,1H3. The van der Waals surface area contributed by atoms with Crippen molar-refractivity contribution in [1.82, 2.24) is 10.3 Å². The van der Waals surface area contributed by atoms with Crippen LogP contribution in [0.4, 0.5) is 0 Å². The van der Waals surface area contributed by atoms with E-state index in [-0.39, 0.29) is 0 Å². The molecule has 0 saturated heterocycles. The fourth-order valence-electron chi connectivity index (χ4n) is 2.45. The first kappa shape index (κ1) is 14.5. The molecule has 1 aromatic rings. The van der Waals surface area contributed by atoms with Crippen molar-refractivity contribution < 1.29 is 8.42 Å². The maximum Gasteiger partial charge on any atom is 0.253 e. The maximum absolute atomic E-state index is 12.0. The second-order valence-electron chi connectivity index (χ2n) is 5.30. The largest absolute Gasteiger partial charge is 0.253 e. The van der Waals surface area contributed by atoms with Crippen LogP contribution in [-0.4, -0.2) is 15.0 Å². The third kappa shape index (κ3) is 4.30. The van der Waals surface area contributed by atoms with E-state index in [0.717, 1.165) is 5.56 Å². The van der Waals surface area contributed by atoms with Crippen molar-refractivity contribution in [2.75, 3.05) is 6.54 Å². The molecule has 0 unspecified atom stereocenters. The van der Waals surface area contributed by atoms with E-state index in [1.807, 2.05) is 6.92 Å². The number of hydrazine groups is 1. The van der Waals surface area contributed by atoms with E-state index in [0.29, 0.717) is 17.4 Å². The minimum atomic E-state index is -3.44. The Hall–Kier alpha value is -0.910. The molecule has 1 aromatic carbocycles. The van der Waals surface area contributed by atoms with Gasteiger partial charge in [0.1, 0.15) is 0 Å². The predicted octanol–water partition coefficient (Wildman–Crippen LogP) is 2.36. The van der Waals surface area contributed by atoms with Crippen LogP contribution in [0, 0.1) is 12.8 Å². The molecule has 1 aliphatic rings. The highest BCUT2D eigenvalue weighted by atomic mass is 32.2. The molecular weight excluding hydrogens is 260 g/mol. The van der Waals surface area contributed by atoms with E-state index in [2.05, 4.69) is 10.3 Å². The zero-order valence-corrected chi connectivity index (χ0v) is 12.2. The summed E-state index contributed by atoms with van der Waals surface area (Å²) in [4.78, 5) is 2.76. The zero-order valence-electron chi connectivity index (χ0n) is 11.4. The van der Waals surface area contributed by atoms with Crippen LogP contribution < -0.4 is 10.3 Å². The van der Waals surface area contributed by atoms with Gasteiger partial charge in [-0.2, -0.15) is 0 Å². The van der Waals surface area contributed by atoms with Gasteiger partial charge in [-0.05, 0) is 37.8 Å². The molecule has 0 aromatic heterocycles. The van der Waals surface area contributed by atoms with E-state index in [9.17, 15) is 8.42 Å². The van der Waals surface area contributed by atoms with E-state index >= 15 is 0 Å². The quantitative estimate of drug-likeness (QED) is 0.815. The Balaban J connectivity index is 1.85. The third-order valence-corrected chi connectivity index (χ3v) is 4.96. The van der Waals surface area contributed by atoms with Gasteiger partial charge in [0, 0.05) is 6.54 Å². The summed E-state index contributed by atoms with van der Waals surface area (Å²) < 4.78 is 24.0. The molecule has 0 bridgehead atoms. The van der Waals surface area contributed by atoms with E-state index < -0.39 is 10.0 Å². The molecule has 2 N–H and O–H groups in total. The number of nitrogens with one attached hydrogen (secondary N) is 2. The van der Waals surface area contributed by atoms with Gasteiger partial charge in [-0.25, -0.2) is 13.8 Å². The maximum atomic E-state index is 12.0. The first-order valence-electron chi connectivity index (χ1n) is 6.89. The molecule has 0 amide bonds. The number of benzene rings is 1. The van der Waals surface area contributed by atoms with Gasteiger partial charge >= 0.3 is 0 Å². The minimum absolute atomic E-state index is 0.300. The molecule has 0 spiro atoms. The molecule has 1 fully saturated rings. The van der Waals surface area contributed by atoms with Crippen LogP contribution in [0.15, 0.2) is 29.2 Å². The number of rotatable bonds is 5. The van der Waals surface area contributed by atoms with Gasteiger partial charge in [-0.1, -0.05) is 37.0 Å². The Morgan fingerprint density at radius 2 is 1.74 bits per heavy atom. The minimum Gasteiger partial charge on any atom is -0.244 e. The summed E-state index contributed by atoms with van der Waals surface area (Å²) in [5.74, 6) is 0.592. The molecule has 4 nitrogen and oxygen atoms in total. The molecular formula is C14H22N2O2S. The van der Waals surface area contributed by atoms with Gasteiger partial charge in [0.2, 0.25) is 0 Å². The molecule has 0 atom stereocenters. The fourth-order valence-corrected chi connectivity index (χ4v) is 3.33. The molecule has 106 valence electrons. The van der Waals surface area contributed by atoms with Crippen LogP contribution >= 0.6 is 0 Å². The molecule has 5 heteroatoms. The third-order valence-electron chi connectivity index (χ3n) is 3.65. The summed E-state index contributed by atoms with van der Waals surface area (Å²) in [5.41, 5.74) is 3.92. The summed E-state index contributed by atoms with van der Waals surface area (Å²) in [6, 6.07) is 6.85. The number of hydrogen-bond acceptors (Lipinski definition) is 3. The summed E-state index contributed by atoms with van der Waals surface area (Å²) >= 11 is 0. The van der Waals surface area contributed by atoms with Crippen LogP contribution in [0.3, 0.4) is 0 Å². The average molecular weight is 282 g/mol. The van der Waals surface area contributed by atoms with Gasteiger partial charge in [-0.15, -0.1) is 4.83 Å². The van der Waals surface area contributed by atoms with Crippen molar-refractivity contribution in [2.24, 2.45) is 5.92 Å². The van der Waals surface area contributed by atoms with Gasteiger partial charge in [-0.3, -0.25) is 0 Å². The Kier molecular flexibility index (Phi) is 4.96. The van der Waals surface area contributed by atoms with Crippen molar-refractivity contribution in [3.05, 3.63) is 29.8 Å². The van der Waals surface area contributed by atoms with Crippen LogP contribution in [0.1, 0.15) is 37.7 Å². The van der Waals surface area contributed by atoms with Crippen LogP contribution in [0.5, 0.6) is 0 Å². The van der Waals surface area contributed by atoms with Crippen molar-refractivity contribution in [3.8, 4) is 0 Å². The number of sulfonamides is 1. The Morgan fingerprint density at radius 3 is 2.37 bits per heavy atom. The predicted molar refractivity (Wildman–Crippen MR) is 76.1 cm³/mol. The highest BCUT2D eigenvalue weighted by Gasteiger charge is 2.16. The van der Waals surface area contributed by atoms with Crippen molar-refractivity contribution >= 4 is 10.0 Å². The highest BCUT2D eigenvalue weighted by molar-refractivity contribution is 7.89. The van der Waals surface area contributed by atoms with E-state index in [4.69, 9.17) is 0 Å².